The Kier molecular flexibility index (Phi) is 5.02. The number of benzene rings is 1. The average Bonchev–Trinajstić information content (AvgIpc) is 2.35. The van der Waals surface area contributed by atoms with Crippen molar-refractivity contribution in [1.82, 2.24) is 0 Å². The van der Waals surface area contributed by atoms with Crippen molar-refractivity contribution in [3.63, 3.8) is 0 Å². The number of nitriles is 1. The molecule has 0 spiro atoms. The molecule has 1 rings (SSSR count). The molecule has 0 aromatic heterocycles. The normalized spacial score (nSPS) is 11.5. The Labute approximate surface area is 101 Å². The Balaban J connectivity index is 2.27. The number of aliphatic carboxylic acids is 1. The lowest BCUT2D eigenvalue weighted by Crippen LogP contribution is -2.11. The lowest BCUT2D eigenvalue weighted by Gasteiger charge is -2.08. The van der Waals surface area contributed by atoms with E-state index in [1.807, 2.05) is 12.1 Å². The zero-order chi connectivity index (χ0) is 12.7. The molecule has 0 heterocycles. The standard InChI is InChI=1S/C13H16N2O2/c1-10(13(16)17)3-2-8-15-12-6-4-11(9-14)5-7-12/h4-7,10,15H,2-3,8H2,1H3,(H,16,17). The number of hydrogen-bond donors (Lipinski definition) is 2. The molecular weight excluding hydrogens is 216 g/mol. The molecule has 4 heteroatoms. The fourth-order valence-electron chi connectivity index (χ4n) is 1.43. The summed E-state index contributed by atoms with van der Waals surface area (Å²) in [6.45, 7) is 2.45. The summed E-state index contributed by atoms with van der Waals surface area (Å²) in [5.74, 6) is -1.04. The lowest BCUT2D eigenvalue weighted by molar-refractivity contribution is -0.141. The summed E-state index contributed by atoms with van der Waals surface area (Å²) >= 11 is 0. The van der Waals surface area contributed by atoms with Crippen LogP contribution in [0.3, 0.4) is 0 Å². The van der Waals surface area contributed by atoms with Crippen LogP contribution in [0.25, 0.3) is 0 Å². The third kappa shape index (κ3) is 4.56. The number of carboxylic acid groups (broad SMARTS) is 1. The summed E-state index contributed by atoms with van der Waals surface area (Å²) in [6, 6.07) is 9.25. The molecule has 0 radical (unpaired) electrons. The van der Waals surface area contributed by atoms with Gasteiger partial charge >= 0.3 is 5.97 Å². The Hall–Kier alpha value is -2.02. The monoisotopic (exact) mass is 232 g/mol. The van der Waals surface area contributed by atoms with Crippen LogP contribution in [0.5, 0.6) is 0 Å². The van der Waals surface area contributed by atoms with E-state index in [-0.39, 0.29) is 5.92 Å². The predicted octanol–water partition coefficient (Wildman–Crippen LogP) is 2.47. The molecule has 0 aliphatic heterocycles. The van der Waals surface area contributed by atoms with Crippen LogP contribution in [0.15, 0.2) is 24.3 Å². The van der Waals surface area contributed by atoms with Gasteiger partial charge in [0.05, 0.1) is 17.6 Å². The van der Waals surface area contributed by atoms with Crippen molar-refractivity contribution in [2.24, 2.45) is 5.92 Å². The summed E-state index contributed by atoms with van der Waals surface area (Å²) in [5.41, 5.74) is 1.59. The largest absolute Gasteiger partial charge is 0.481 e. The molecule has 17 heavy (non-hydrogen) atoms. The Morgan fingerprint density at radius 1 is 1.47 bits per heavy atom. The van der Waals surface area contributed by atoms with E-state index in [0.29, 0.717) is 12.0 Å². The van der Waals surface area contributed by atoms with Crippen LogP contribution in [0, 0.1) is 17.2 Å². The summed E-state index contributed by atoms with van der Waals surface area (Å²) in [5, 5.41) is 20.5. The predicted molar refractivity (Wildman–Crippen MR) is 65.7 cm³/mol. The van der Waals surface area contributed by atoms with E-state index in [4.69, 9.17) is 10.4 Å². The molecule has 1 atom stereocenters. The number of hydrogen-bond acceptors (Lipinski definition) is 3. The first-order valence-corrected chi connectivity index (χ1v) is 5.60. The van der Waals surface area contributed by atoms with Crippen molar-refractivity contribution >= 4 is 11.7 Å². The Bertz CT molecular complexity index is 406. The van der Waals surface area contributed by atoms with Crippen molar-refractivity contribution in [3.8, 4) is 6.07 Å². The molecule has 90 valence electrons. The van der Waals surface area contributed by atoms with E-state index in [0.717, 1.165) is 18.7 Å². The first-order chi connectivity index (χ1) is 8.13. The molecule has 0 aliphatic rings. The maximum Gasteiger partial charge on any atom is 0.306 e. The molecule has 0 aliphatic carbocycles. The maximum absolute atomic E-state index is 10.6. The Morgan fingerprint density at radius 2 is 2.12 bits per heavy atom. The minimum atomic E-state index is -0.747. The van der Waals surface area contributed by atoms with Crippen LogP contribution in [-0.2, 0) is 4.79 Å². The SMILES string of the molecule is CC(CCCNc1ccc(C#N)cc1)C(=O)O. The quantitative estimate of drug-likeness (QED) is 0.739. The van der Waals surface area contributed by atoms with Gasteiger partial charge < -0.3 is 10.4 Å². The topological polar surface area (TPSA) is 73.1 Å². The maximum atomic E-state index is 10.6. The minimum Gasteiger partial charge on any atom is -0.481 e. The summed E-state index contributed by atoms with van der Waals surface area (Å²) in [7, 11) is 0. The van der Waals surface area contributed by atoms with Gasteiger partial charge in [-0.05, 0) is 37.1 Å². The van der Waals surface area contributed by atoms with Gasteiger partial charge in [0.25, 0.3) is 0 Å². The van der Waals surface area contributed by atoms with Crippen molar-refractivity contribution in [2.75, 3.05) is 11.9 Å². The third-order valence-electron chi connectivity index (χ3n) is 2.58. The van der Waals surface area contributed by atoms with Crippen LogP contribution in [-0.4, -0.2) is 17.6 Å². The zero-order valence-corrected chi connectivity index (χ0v) is 9.81. The van der Waals surface area contributed by atoms with Gasteiger partial charge in [-0.1, -0.05) is 6.92 Å². The van der Waals surface area contributed by atoms with E-state index in [1.54, 1.807) is 19.1 Å². The highest BCUT2D eigenvalue weighted by atomic mass is 16.4. The summed E-state index contributed by atoms with van der Waals surface area (Å²) in [6.07, 6.45) is 1.48. The third-order valence-corrected chi connectivity index (χ3v) is 2.58. The molecule has 1 aromatic rings. The van der Waals surface area contributed by atoms with Gasteiger partial charge in [-0.3, -0.25) is 4.79 Å². The van der Waals surface area contributed by atoms with Crippen molar-refractivity contribution in [1.29, 1.82) is 5.26 Å². The fourth-order valence-corrected chi connectivity index (χ4v) is 1.43. The average molecular weight is 232 g/mol. The minimum absolute atomic E-state index is 0.294. The van der Waals surface area contributed by atoms with Crippen LogP contribution in [0.2, 0.25) is 0 Å². The highest BCUT2D eigenvalue weighted by molar-refractivity contribution is 5.69. The highest BCUT2D eigenvalue weighted by Gasteiger charge is 2.09. The van der Waals surface area contributed by atoms with Crippen LogP contribution < -0.4 is 5.32 Å². The molecule has 0 saturated carbocycles. The van der Waals surface area contributed by atoms with E-state index in [1.165, 1.54) is 0 Å². The van der Waals surface area contributed by atoms with Gasteiger partial charge in [-0.2, -0.15) is 5.26 Å². The van der Waals surface area contributed by atoms with E-state index >= 15 is 0 Å². The Morgan fingerprint density at radius 3 is 2.65 bits per heavy atom. The number of carbonyl (C=O) groups is 1. The van der Waals surface area contributed by atoms with Crippen molar-refractivity contribution < 1.29 is 9.90 Å². The van der Waals surface area contributed by atoms with Gasteiger partial charge in [-0.25, -0.2) is 0 Å². The molecule has 0 amide bonds. The fraction of sp³-hybridized carbons (Fsp3) is 0.385. The molecule has 1 unspecified atom stereocenters. The van der Waals surface area contributed by atoms with Crippen molar-refractivity contribution in [3.05, 3.63) is 29.8 Å². The lowest BCUT2D eigenvalue weighted by atomic mass is 10.1. The smallest absolute Gasteiger partial charge is 0.306 e. The van der Waals surface area contributed by atoms with Gasteiger partial charge in [0.15, 0.2) is 0 Å². The number of nitrogens with zero attached hydrogens (tertiary/aromatic N) is 1. The molecular formula is C13H16N2O2. The summed E-state index contributed by atoms with van der Waals surface area (Å²) in [4.78, 5) is 10.6. The van der Waals surface area contributed by atoms with Crippen LogP contribution in [0.1, 0.15) is 25.3 Å². The van der Waals surface area contributed by atoms with Crippen molar-refractivity contribution in [2.45, 2.75) is 19.8 Å². The molecule has 0 saturated heterocycles. The first kappa shape index (κ1) is 13.0. The number of nitrogens with one attached hydrogen (secondary N) is 1. The highest BCUT2D eigenvalue weighted by Crippen LogP contribution is 2.10. The van der Waals surface area contributed by atoms with Gasteiger partial charge in [0.2, 0.25) is 0 Å². The molecule has 2 N–H and O–H groups in total. The molecule has 4 nitrogen and oxygen atoms in total. The van der Waals surface area contributed by atoms with Gasteiger partial charge in [0, 0.05) is 12.2 Å². The van der Waals surface area contributed by atoms with Gasteiger partial charge in [0.1, 0.15) is 0 Å². The number of carboxylic acids is 1. The van der Waals surface area contributed by atoms with E-state index in [9.17, 15) is 4.79 Å². The zero-order valence-electron chi connectivity index (χ0n) is 9.81. The first-order valence-electron chi connectivity index (χ1n) is 5.60. The molecule has 0 fully saturated rings. The van der Waals surface area contributed by atoms with E-state index in [2.05, 4.69) is 11.4 Å². The van der Waals surface area contributed by atoms with Crippen LogP contribution in [0.4, 0.5) is 5.69 Å². The van der Waals surface area contributed by atoms with Gasteiger partial charge in [-0.15, -0.1) is 0 Å². The molecule has 0 bridgehead atoms. The second-order valence-electron chi connectivity index (χ2n) is 4.00. The molecule has 1 aromatic carbocycles. The van der Waals surface area contributed by atoms with E-state index < -0.39 is 5.97 Å². The number of rotatable bonds is 6. The second-order valence-corrected chi connectivity index (χ2v) is 4.00. The summed E-state index contributed by atoms with van der Waals surface area (Å²) < 4.78 is 0. The number of anilines is 1. The second kappa shape index (κ2) is 6.54. The van der Waals surface area contributed by atoms with Crippen LogP contribution >= 0.6 is 0 Å².